The molecule has 13 heteroatoms. The molecule has 2 fully saturated rings. The summed E-state index contributed by atoms with van der Waals surface area (Å²) in [5.74, 6) is 0.933. The molecule has 2 aliphatic heterocycles. The zero-order valence-electron chi connectivity index (χ0n) is 21.8. The third-order valence-electron chi connectivity index (χ3n) is 6.32. The number of methoxy groups -OCH3 is 1. The molecule has 0 bridgehead atoms. The average Bonchev–Trinajstić information content (AvgIpc) is 3.70. The first-order valence-electron chi connectivity index (χ1n) is 12.8. The largest absolute Gasteiger partial charge is 0.497 e. The number of imide groups is 1. The number of carbonyl (C=O) groups excluding carboxylic acids is 3. The predicted molar refractivity (Wildman–Crippen MR) is 152 cm³/mol. The number of ether oxygens (including phenoxy) is 2. The van der Waals surface area contributed by atoms with Crippen LogP contribution in [0.3, 0.4) is 0 Å². The summed E-state index contributed by atoms with van der Waals surface area (Å²) in [5, 5.41) is 11.8. The molecule has 2 saturated heterocycles. The number of pyridine rings is 1. The minimum absolute atomic E-state index is 0.0617. The van der Waals surface area contributed by atoms with Crippen LogP contribution in [-0.2, 0) is 20.9 Å². The molecule has 0 radical (unpaired) electrons. The Morgan fingerprint density at radius 3 is 2.83 bits per heavy atom. The summed E-state index contributed by atoms with van der Waals surface area (Å²) < 4.78 is 13.1. The third-order valence-corrected chi connectivity index (χ3v) is 8.20. The van der Waals surface area contributed by atoms with Crippen LogP contribution in [0.5, 0.6) is 5.75 Å². The van der Waals surface area contributed by atoms with E-state index in [1.165, 1.54) is 11.8 Å². The lowest BCUT2D eigenvalue weighted by Gasteiger charge is -2.15. The number of rotatable bonds is 11. The Morgan fingerprint density at radius 1 is 1.25 bits per heavy atom. The maximum Gasteiger partial charge on any atom is 0.293 e. The standard InChI is InChI=1S/C27H28N6O5S2/c1-37-20-8-6-19(7-9-20)24-30-31-26(33(24)16-21-5-3-13-38-21)39-17-23(34)29-11-12-32-25(35)22(40-27(32)36)14-18-4-2-10-28-15-18/h2,4,6-10,14-15,21H,3,5,11-13,16-17H2,1H3,(H,29,34)/b22-14-/t21-/m1/s1. The molecule has 1 N–H and O–H groups in total. The van der Waals surface area contributed by atoms with Crippen LogP contribution in [0.4, 0.5) is 4.79 Å². The summed E-state index contributed by atoms with van der Waals surface area (Å²) in [4.78, 5) is 43.2. The second kappa shape index (κ2) is 13.1. The number of nitrogens with zero attached hydrogens (tertiary/aromatic N) is 5. The Hall–Kier alpha value is -3.68. The number of carbonyl (C=O) groups is 3. The van der Waals surface area contributed by atoms with Gasteiger partial charge in [0.15, 0.2) is 11.0 Å². The van der Waals surface area contributed by atoms with Crippen molar-refractivity contribution in [3.05, 3.63) is 59.3 Å². The van der Waals surface area contributed by atoms with Crippen LogP contribution < -0.4 is 10.1 Å². The van der Waals surface area contributed by atoms with Crippen molar-refractivity contribution in [1.82, 2.24) is 30.0 Å². The van der Waals surface area contributed by atoms with Crippen LogP contribution >= 0.6 is 23.5 Å². The lowest BCUT2D eigenvalue weighted by atomic mass is 10.2. The molecule has 5 rings (SSSR count). The quantitative estimate of drug-likeness (QED) is 0.266. The van der Waals surface area contributed by atoms with Gasteiger partial charge in [0.1, 0.15) is 5.75 Å². The van der Waals surface area contributed by atoms with Gasteiger partial charge in [0.2, 0.25) is 5.91 Å². The molecule has 0 aliphatic carbocycles. The van der Waals surface area contributed by atoms with Crippen LogP contribution in [0, 0.1) is 0 Å². The first kappa shape index (κ1) is 27.9. The highest BCUT2D eigenvalue weighted by Crippen LogP contribution is 2.32. The molecule has 1 atom stereocenters. The number of aromatic nitrogens is 4. The van der Waals surface area contributed by atoms with E-state index in [0.29, 0.717) is 22.4 Å². The Morgan fingerprint density at radius 2 is 2.10 bits per heavy atom. The highest BCUT2D eigenvalue weighted by molar-refractivity contribution is 8.18. The number of amides is 3. The van der Waals surface area contributed by atoms with Crippen molar-refractivity contribution < 1.29 is 23.9 Å². The minimum atomic E-state index is -0.379. The molecule has 208 valence electrons. The van der Waals surface area contributed by atoms with Crippen molar-refractivity contribution >= 4 is 46.7 Å². The maximum absolute atomic E-state index is 12.7. The fraction of sp³-hybridized carbons (Fsp3) is 0.333. The van der Waals surface area contributed by atoms with Crippen molar-refractivity contribution in [2.45, 2.75) is 30.6 Å². The molecule has 2 aromatic heterocycles. The molecule has 0 spiro atoms. The Kier molecular flexibility index (Phi) is 9.14. The maximum atomic E-state index is 12.7. The van der Waals surface area contributed by atoms with Gasteiger partial charge in [-0.2, -0.15) is 0 Å². The number of nitrogens with one attached hydrogen (secondary N) is 1. The van der Waals surface area contributed by atoms with E-state index < -0.39 is 0 Å². The number of hydrogen-bond donors (Lipinski definition) is 1. The van der Waals surface area contributed by atoms with Gasteiger partial charge in [0, 0.05) is 37.7 Å². The first-order chi connectivity index (χ1) is 19.5. The van der Waals surface area contributed by atoms with E-state index in [9.17, 15) is 14.4 Å². The fourth-order valence-corrected chi connectivity index (χ4v) is 5.94. The lowest BCUT2D eigenvalue weighted by molar-refractivity contribution is -0.123. The smallest absolute Gasteiger partial charge is 0.293 e. The lowest BCUT2D eigenvalue weighted by Crippen LogP contribution is -2.37. The second-order valence-corrected chi connectivity index (χ2v) is 11.0. The molecule has 11 nitrogen and oxygen atoms in total. The predicted octanol–water partition coefficient (Wildman–Crippen LogP) is 3.47. The van der Waals surface area contributed by atoms with Crippen LogP contribution in [0.1, 0.15) is 18.4 Å². The molecule has 0 saturated carbocycles. The molecule has 0 unspecified atom stereocenters. The van der Waals surface area contributed by atoms with Gasteiger partial charge in [-0.1, -0.05) is 17.8 Å². The van der Waals surface area contributed by atoms with E-state index in [-0.39, 0.29) is 42.0 Å². The molecule has 4 heterocycles. The number of benzene rings is 1. The molecule has 3 amide bonds. The molecule has 1 aromatic carbocycles. The van der Waals surface area contributed by atoms with Gasteiger partial charge in [-0.05, 0) is 66.6 Å². The highest BCUT2D eigenvalue weighted by atomic mass is 32.2. The fourth-order valence-electron chi connectivity index (χ4n) is 4.30. The Labute approximate surface area is 239 Å². The highest BCUT2D eigenvalue weighted by Gasteiger charge is 2.34. The first-order valence-corrected chi connectivity index (χ1v) is 14.6. The van der Waals surface area contributed by atoms with Crippen LogP contribution in [0.15, 0.2) is 58.9 Å². The summed E-state index contributed by atoms with van der Waals surface area (Å²) in [5.41, 5.74) is 1.62. The molecular weight excluding hydrogens is 552 g/mol. The van der Waals surface area contributed by atoms with Crippen molar-refractivity contribution in [3.63, 3.8) is 0 Å². The van der Waals surface area contributed by atoms with E-state index in [1.54, 1.807) is 37.7 Å². The van der Waals surface area contributed by atoms with Gasteiger partial charge in [0.25, 0.3) is 11.1 Å². The third kappa shape index (κ3) is 6.72. The molecular formula is C27H28N6O5S2. The molecule has 2 aliphatic rings. The normalized spacial score (nSPS) is 18.1. The van der Waals surface area contributed by atoms with Crippen LogP contribution in [0.25, 0.3) is 17.5 Å². The molecule has 3 aromatic rings. The van der Waals surface area contributed by atoms with E-state index >= 15 is 0 Å². The summed E-state index contributed by atoms with van der Waals surface area (Å²) in [6.07, 6.45) is 6.92. The van der Waals surface area contributed by atoms with Gasteiger partial charge in [0.05, 0.1) is 30.4 Å². The van der Waals surface area contributed by atoms with E-state index in [0.717, 1.165) is 53.0 Å². The van der Waals surface area contributed by atoms with Gasteiger partial charge >= 0.3 is 0 Å². The van der Waals surface area contributed by atoms with Gasteiger partial charge < -0.3 is 14.8 Å². The molecule has 40 heavy (non-hydrogen) atoms. The zero-order chi connectivity index (χ0) is 27.9. The summed E-state index contributed by atoms with van der Waals surface area (Å²) in [6.45, 7) is 1.56. The van der Waals surface area contributed by atoms with Crippen molar-refractivity contribution in [2.75, 3.05) is 32.6 Å². The van der Waals surface area contributed by atoms with E-state index in [1.807, 2.05) is 28.8 Å². The second-order valence-electron chi connectivity index (χ2n) is 9.04. The SMILES string of the molecule is COc1ccc(-c2nnc(SCC(=O)NCCN3C(=O)S/C(=C\c4cccnc4)C3=O)n2C[C@H]2CCCO2)cc1. The number of thioether (sulfide) groups is 2. The topological polar surface area (TPSA) is 129 Å². The van der Waals surface area contributed by atoms with Crippen molar-refractivity contribution in [3.8, 4) is 17.1 Å². The van der Waals surface area contributed by atoms with E-state index in [4.69, 9.17) is 9.47 Å². The van der Waals surface area contributed by atoms with Gasteiger partial charge in [-0.15, -0.1) is 10.2 Å². The van der Waals surface area contributed by atoms with Crippen LogP contribution in [-0.4, -0.2) is 80.4 Å². The Balaban J connectivity index is 1.17. The summed E-state index contributed by atoms with van der Waals surface area (Å²) in [6, 6.07) is 11.1. The minimum Gasteiger partial charge on any atom is -0.497 e. The Bertz CT molecular complexity index is 1390. The average molecular weight is 581 g/mol. The zero-order valence-corrected chi connectivity index (χ0v) is 23.5. The van der Waals surface area contributed by atoms with Gasteiger partial charge in [-0.3, -0.25) is 28.8 Å². The summed E-state index contributed by atoms with van der Waals surface area (Å²) in [7, 11) is 1.62. The number of hydrogen-bond acceptors (Lipinski definition) is 10. The van der Waals surface area contributed by atoms with Crippen molar-refractivity contribution in [2.24, 2.45) is 0 Å². The van der Waals surface area contributed by atoms with Gasteiger partial charge in [-0.25, -0.2) is 0 Å². The summed E-state index contributed by atoms with van der Waals surface area (Å²) >= 11 is 2.16. The monoisotopic (exact) mass is 580 g/mol. The van der Waals surface area contributed by atoms with Crippen LogP contribution in [0.2, 0.25) is 0 Å². The van der Waals surface area contributed by atoms with Crippen molar-refractivity contribution in [1.29, 1.82) is 0 Å². The van der Waals surface area contributed by atoms with E-state index in [2.05, 4.69) is 20.5 Å².